The zero-order valence-electron chi connectivity index (χ0n) is 7.46. The fraction of sp³-hybridized carbons (Fsp3) is 1.00. The minimum atomic E-state index is -0.230. The van der Waals surface area contributed by atoms with E-state index in [0.717, 1.165) is 0 Å². The summed E-state index contributed by atoms with van der Waals surface area (Å²) >= 11 is 0. The third-order valence-corrected chi connectivity index (χ3v) is 2.02. The molecular formula is C8H17NO2. The Morgan fingerprint density at radius 1 is 1.45 bits per heavy atom. The van der Waals surface area contributed by atoms with Gasteiger partial charge >= 0.3 is 0 Å². The number of hydrogen-bond acceptors (Lipinski definition) is 3. The van der Waals surface area contributed by atoms with Gasteiger partial charge in [-0.1, -0.05) is 0 Å². The van der Waals surface area contributed by atoms with E-state index in [1.165, 1.54) is 0 Å². The molecule has 0 spiro atoms. The van der Waals surface area contributed by atoms with Crippen LogP contribution in [0.3, 0.4) is 0 Å². The highest BCUT2D eigenvalue weighted by Gasteiger charge is 2.36. The lowest BCUT2D eigenvalue weighted by atomic mass is 9.95. The SMILES string of the molecule is CC(N)C1OCCOC1(C)C. The van der Waals surface area contributed by atoms with E-state index in [1.54, 1.807) is 0 Å². The van der Waals surface area contributed by atoms with Crippen LogP contribution in [0.4, 0.5) is 0 Å². The van der Waals surface area contributed by atoms with Crippen LogP contribution >= 0.6 is 0 Å². The van der Waals surface area contributed by atoms with E-state index < -0.39 is 0 Å². The van der Waals surface area contributed by atoms with Crippen molar-refractivity contribution < 1.29 is 9.47 Å². The summed E-state index contributed by atoms with van der Waals surface area (Å²) < 4.78 is 11.0. The highest BCUT2D eigenvalue weighted by Crippen LogP contribution is 2.23. The third-order valence-electron chi connectivity index (χ3n) is 2.02. The first-order valence-corrected chi connectivity index (χ1v) is 4.05. The van der Waals surface area contributed by atoms with Gasteiger partial charge in [-0.2, -0.15) is 0 Å². The van der Waals surface area contributed by atoms with E-state index in [-0.39, 0.29) is 17.7 Å². The molecule has 0 aliphatic carbocycles. The van der Waals surface area contributed by atoms with Gasteiger partial charge in [0.1, 0.15) is 6.10 Å². The predicted molar refractivity (Wildman–Crippen MR) is 43.4 cm³/mol. The maximum absolute atomic E-state index is 5.74. The molecule has 2 atom stereocenters. The summed E-state index contributed by atoms with van der Waals surface area (Å²) in [6.45, 7) is 7.31. The molecule has 0 amide bonds. The number of nitrogens with two attached hydrogens (primary N) is 1. The van der Waals surface area contributed by atoms with Crippen LogP contribution in [-0.4, -0.2) is 31.0 Å². The zero-order valence-corrected chi connectivity index (χ0v) is 7.46. The maximum Gasteiger partial charge on any atom is 0.101 e. The Bertz CT molecular complexity index is 134. The van der Waals surface area contributed by atoms with Gasteiger partial charge in [0.25, 0.3) is 0 Å². The predicted octanol–water partition coefficient (Wildman–Crippen LogP) is 0.528. The third kappa shape index (κ3) is 1.92. The van der Waals surface area contributed by atoms with Crippen LogP contribution in [0.5, 0.6) is 0 Å². The topological polar surface area (TPSA) is 44.5 Å². The van der Waals surface area contributed by atoms with Gasteiger partial charge in [0.2, 0.25) is 0 Å². The Morgan fingerprint density at radius 2 is 2.09 bits per heavy atom. The molecule has 1 rings (SSSR count). The normalized spacial score (nSPS) is 33.3. The molecule has 0 bridgehead atoms. The van der Waals surface area contributed by atoms with E-state index in [9.17, 15) is 0 Å². The van der Waals surface area contributed by atoms with Gasteiger partial charge in [-0.25, -0.2) is 0 Å². The molecule has 1 saturated heterocycles. The van der Waals surface area contributed by atoms with Gasteiger partial charge in [0, 0.05) is 6.04 Å². The summed E-state index contributed by atoms with van der Waals surface area (Å²) in [6.07, 6.45) is 0.0243. The molecule has 0 saturated carbocycles. The Labute approximate surface area is 67.9 Å². The second-order valence-electron chi connectivity index (χ2n) is 3.60. The van der Waals surface area contributed by atoms with Crippen LogP contribution in [0.25, 0.3) is 0 Å². The monoisotopic (exact) mass is 159 g/mol. The van der Waals surface area contributed by atoms with Crippen LogP contribution in [-0.2, 0) is 9.47 Å². The Balaban J connectivity index is 2.60. The average molecular weight is 159 g/mol. The Kier molecular flexibility index (Phi) is 2.52. The molecule has 0 aromatic carbocycles. The number of rotatable bonds is 1. The van der Waals surface area contributed by atoms with Crippen molar-refractivity contribution in [1.82, 2.24) is 0 Å². The second kappa shape index (κ2) is 3.09. The number of hydrogen-bond donors (Lipinski definition) is 1. The van der Waals surface area contributed by atoms with Crippen LogP contribution in [0.2, 0.25) is 0 Å². The van der Waals surface area contributed by atoms with Crippen molar-refractivity contribution >= 4 is 0 Å². The van der Waals surface area contributed by atoms with Crippen LogP contribution in [0, 0.1) is 0 Å². The largest absolute Gasteiger partial charge is 0.371 e. The van der Waals surface area contributed by atoms with E-state index in [4.69, 9.17) is 15.2 Å². The molecule has 0 aromatic heterocycles. The van der Waals surface area contributed by atoms with Gasteiger partial charge < -0.3 is 15.2 Å². The summed E-state index contributed by atoms with van der Waals surface area (Å²) in [5.74, 6) is 0. The van der Waals surface area contributed by atoms with Crippen LogP contribution in [0.1, 0.15) is 20.8 Å². The molecule has 2 unspecified atom stereocenters. The van der Waals surface area contributed by atoms with Gasteiger partial charge in [0.15, 0.2) is 0 Å². The quantitative estimate of drug-likeness (QED) is 0.607. The summed E-state index contributed by atoms with van der Waals surface area (Å²) in [6, 6.07) is 0.0327. The van der Waals surface area contributed by atoms with Gasteiger partial charge in [-0.15, -0.1) is 0 Å². The molecular weight excluding hydrogens is 142 g/mol. The standard InChI is InChI=1S/C8H17NO2/c1-6(9)7-8(2,3)11-5-4-10-7/h6-7H,4-5,9H2,1-3H3. The molecule has 0 aromatic rings. The molecule has 11 heavy (non-hydrogen) atoms. The lowest BCUT2D eigenvalue weighted by molar-refractivity contribution is -0.191. The second-order valence-corrected chi connectivity index (χ2v) is 3.60. The lowest BCUT2D eigenvalue weighted by Crippen LogP contribution is -2.54. The highest BCUT2D eigenvalue weighted by atomic mass is 16.6. The van der Waals surface area contributed by atoms with E-state index in [2.05, 4.69) is 0 Å². The van der Waals surface area contributed by atoms with E-state index in [1.807, 2.05) is 20.8 Å². The molecule has 1 aliphatic rings. The van der Waals surface area contributed by atoms with Crippen molar-refractivity contribution in [2.24, 2.45) is 5.73 Å². The first-order chi connectivity index (χ1) is 5.04. The van der Waals surface area contributed by atoms with Gasteiger partial charge in [-0.05, 0) is 20.8 Å². The van der Waals surface area contributed by atoms with Crippen molar-refractivity contribution in [3.05, 3.63) is 0 Å². The Hall–Kier alpha value is -0.120. The summed E-state index contributed by atoms with van der Waals surface area (Å²) in [5, 5.41) is 0. The maximum atomic E-state index is 5.74. The molecule has 1 fully saturated rings. The molecule has 2 N–H and O–H groups in total. The zero-order chi connectivity index (χ0) is 8.48. The fourth-order valence-corrected chi connectivity index (χ4v) is 1.55. The summed E-state index contributed by atoms with van der Waals surface area (Å²) in [7, 11) is 0. The Morgan fingerprint density at radius 3 is 2.45 bits per heavy atom. The molecule has 1 aliphatic heterocycles. The fourth-order valence-electron chi connectivity index (χ4n) is 1.55. The average Bonchev–Trinajstić information content (AvgIpc) is 1.85. The molecule has 1 heterocycles. The number of ether oxygens (including phenoxy) is 2. The summed E-state index contributed by atoms with van der Waals surface area (Å²) in [5.41, 5.74) is 5.51. The molecule has 3 heteroatoms. The first kappa shape index (κ1) is 8.97. The van der Waals surface area contributed by atoms with Crippen LogP contribution < -0.4 is 5.73 Å². The molecule has 66 valence electrons. The minimum Gasteiger partial charge on any atom is -0.371 e. The first-order valence-electron chi connectivity index (χ1n) is 4.05. The van der Waals surface area contributed by atoms with Crippen molar-refractivity contribution in [2.75, 3.05) is 13.2 Å². The van der Waals surface area contributed by atoms with Gasteiger partial charge in [0.05, 0.1) is 18.8 Å². The van der Waals surface area contributed by atoms with Crippen molar-refractivity contribution in [1.29, 1.82) is 0 Å². The van der Waals surface area contributed by atoms with Gasteiger partial charge in [-0.3, -0.25) is 0 Å². The van der Waals surface area contributed by atoms with Crippen molar-refractivity contribution in [3.8, 4) is 0 Å². The van der Waals surface area contributed by atoms with Crippen LogP contribution in [0.15, 0.2) is 0 Å². The van der Waals surface area contributed by atoms with E-state index in [0.29, 0.717) is 13.2 Å². The van der Waals surface area contributed by atoms with Crippen molar-refractivity contribution in [2.45, 2.75) is 38.5 Å². The molecule has 0 radical (unpaired) electrons. The lowest BCUT2D eigenvalue weighted by Gasteiger charge is -2.40. The smallest absolute Gasteiger partial charge is 0.101 e. The van der Waals surface area contributed by atoms with E-state index >= 15 is 0 Å². The highest BCUT2D eigenvalue weighted by molar-refractivity contribution is 4.88. The minimum absolute atomic E-state index is 0.0243. The van der Waals surface area contributed by atoms with Crippen molar-refractivity contribution in [3.63, 3.8) is 0 Å². The summed E-state index contributed by atoms with van der Waals surface area (Å²) in [4.78, 5) is 0. The molecule has 3 nitrogen and oxygen atoms in total.